The number of piperidine rings is 1. The zero-order chi connectivity index (χ0) is 13.8. The first-order valence-electron chi connectivity index (χ1n) is 6.89. The molecule has 108 valence electrons. The molecule has 3 N–H and O–H groups in total. The number of piperazine rings is 1. The Balaban J connectivity index is 0.000000199. The Bertz CT molecular complexity index is 235. The molecule has 2 aliphatic rings. The van der Waals surface area contributed by atoms with Gasteiger partial charge in [0.15, 0.2) is 0 Å². The highest BCUT2D eigenvalue weighted by Crippen LogP contribution is 2.35. The third kappa shape index (κ3) is 4.48. The van der Waals surface area contributed by atoms with E-state index in [4.69, 9.17) is 5.21 Å². The van der Waals surface area contributed by atoms with Crippen LogP contribution in [0.3, 0.4) is 0 Å². The lowest BCUT2D eigenvalue weighted by molar-refractivity contribution is -0.241. The average Bonchev–Trinajstić information content (AvgIpc) is 2.27. The van der Waals surface area contributed by atoms with E-state index in [-0.39, 0.29) is 11.1 Å². The molecule has 2 aliphatic heterocycles. The molecule has 0 radical (unpaired) electrons. The predicted octanol–water partition coefficient (Wildman–Crippen LogP) is 1.70. The minimum Gasteiger partial charge on any atom is -0.314 e. The molecule has 0 aromatic heterocycles. The lowest BCUT2D eigenvalue weighted by Crippen LogP contribution is -2.56. The molecule has 0 unspecified atom stereocenters. The number of rotatable bonds is 0. The maximum atomic E-state index is 9.80. The summed E-state index contributed by atoms with van der Waals surface area (Å²) in [6, 6.07) is 0. The Morgan fingerprint density at radius 2 is 1.33 bits per heavy atom. The zero-order valence-corrected chi connectivity index (χ0v) is 12.2. The largest absolute Gasteiger partial charge is 0.314 e. The van der Waals surface area contributed by atoms with Crippen molar-refractivity contribution in [2.75, 3.05) is 26.2 Å². The van der Waals surface area contributed by atoms with Crippen LogP contribution in [0.5, 0.6) is 0 Å². The average molecular weight is 259 g/mol. The van der Waals surface area contributed by atoms with Crippen molar-refractivity contribution in [2.45, 2.75) is 58.0 Å². The summed E-state index contributed by atoms with van der Waals surface area (Å²) in [5.74, 6) is 0. The van der Waals surface area contributed by atoms with E-state index in [0.29, 0.717) is 0 Å². The van der Waals surface area contributed by atoms with Crippen molar-refractivity contribution in [1.82, 2.24) is 15.4 Å². The van der Waals surface area contributed by atoms with Crippen LogP contribution < -0.4 is 5.32 Å². The summed E-state index contributed by atoms with van der Waals surface area (Å²) >= 11 is 0. The van der Waals surface area contributed by atoms with Crippen LogP contribution in [0.1, 0.15) is 47.0 Å². The Morgan fingerprint density at radius 1 is 0.889 bits per heavy atom. The van der Waals surface area contributed by atoms with Gasteiger partial charge in [-0.05, 0) is 47.0 Å². The summed E-state index contributed by atoms with van der Waals surface area (Å²) in [7, 11) is 0. The van der Waals surface area contributed by atoms with E-state index in [0.717, 1.165) is 39.0 Å². The number of nitrogens with zero attached hydrogens (tertiary/aromatic N) is 2. The van der Waals surface area contributed by atoms with Crippen LogP contribution in [0, 0.1) is 0 Å². The number of hydrogen-bond donors (Lipinski definition) is 3. The molecular formula is C13H29N3O2. The van der Waals surface area contributed by atoms with Gasteiger partial charge in [0.25, 0.3) is 0 Å². The van der Waals surface area contributed by atoms with Crippen molar-refractivity contribution in [3.63, 3.8) is 0 Å². The molecule has 0 amide bonds. The molecule has 0 bridgehead atoms. The van der Waals surface area contributed by atoms with E-state index in [1.54, 1.807) is 0 Å². The highest BCUT2D eigenvalue weighted by atomic mass is 16.5. The maximum absolute atomic E-state index is 9.80. The molecular weight excluding hydrogens is 230 g/mol. The maximum Gasteiger partial charge on any atom is 0.0410 e. The van der Waals surface area contributed by atoms with Crippen molar-refractivity contribution in [1.29, 1.82) is 0 Å². The Morgan fingerprint density at radius 3 is 1.61 bits per heavy atom. The summed E-state index contributed by atoms with van der Waals surface area (Å²) in [5.41, 5.74) is -0.0799. The van der Waals surface area contributed by atoms with Gasteiger partial charge in [-0.1, -0.05) is 0 Å². The van der Waals surface area contributed by atoms with Crippen LogP contribution in [0.4, 0.5) is 0 Å². The molecule has 0 spiro atoms. The van der Waals surface area contributed by atoms with Gasteiger partial charge in [0.1, 0.15) is 0 Å². The number of hydrogen-bond acceptors (Lipinski definition) is 5. The zero-order valence-electron chi connectivity index (χ0n) is 12.2. The van der Waals surface area contributed by atoms with Gasteiger partial charge in [-0.2, -0.15) is 10.1 Å². The summed E-state index contributed by atoms with van der Waals surface area (Å²) in [6.07, 6.45) is 3.40. The van der Waals surface area contributed by atoms with E-state index in [9.17, 15) is 5.21 Å². The van der Waals surface area contributed by atoms with Gasteiger partial charge in [0.2, 0.25) is 0 Å². The molecule has 2 rings (SSSR count). The fourth-order valence-electron chi connectivity index (χ4n) is 2.64. The highest BCUT2D eigenvalue weighted by Gasteiger charge is 2.40. The van der Waals surface area contributed by atoms with E-state index in [1.165, 1.54) is 16.5 Å². The SMILES string of the molecule is CC1(C)CCCC(C)(C)N1O.ON1CCNCC1. The Labute approximate surface area is 111 Å². The fraction of sp³-hybridized carbons (Fsp3) is 1.00. The Hall–Kier alpha value is -0.200. The van der Waals surface area contributed by atoms with E-state index < -0.39 is 0 Å². The van der Waals surface area contributed by atoms with Crippen molar-refractivity contribution in [3.05, 3.63) is 0 Å². The van der Waals surface area contributed by atoms with E-state index >= 15 is 0 Å². The molecule has 0 atom stereocenters. The summed E-state index contributed by atoms with van der Waals surface area (Å²) < 4.78 is 0. The second-order valence-corrected chi connectivity index (χ2v) is 6.49. The molecule has 5 heteroatoms. The minimum absolute atomic E-state index is 0.0399. The second-order valence-electron chi connectivity index (χ2n) is 6.49. The van der Waals surface area contributed by atoms with Crippen molar-refractivity contribution in [2.24, 2.45) is 0 Å². The molecule has 2 saturated heterocycles. The number of hydroxylamine groups is 4. The third-order valence-electron chi connectivity index (χ3n) is 3.82. The second kappa shape index (κ2) is 6.30. The van der Waals surface area contributed by atoms with Gasteiger partial charge in [0, 0.05) is 37.3 Å². The smallest absolute Gasteiger partial charge is 0.0410 e. The number of nitrogens with one attached hydrogen (secondary N) is 1. The van der Waals surface area contributed by atoms with Gasteiger partial charge in [-0.25, -0.2) is 0 Å². The quantitative estimate of drug-likeness (QED) is 0.618. The normalized spacial score (nSPS) is 28.3. The van der Waals surface area contributed by atoms with Crippen LogP contribution in [0.15, 0.2) is 0 Å². The third-order valence-corrected chi connectivity index (χ3v) is 3.82. The summed E-state index contributed by atoms with van der Waals surface area (Å²) in [4.78, 5) is 0. The molecule has 0 saturated carbocycles. The highest BCUT2D eigenvalue weighted by molar-refractivity contribution is 4.91. The molecule has 0 aliphatic carbocycles. The monoisotopic (exact) mass is 259 g/mol. The van der Waals surface area contributed by atoms with Crippen LogP contribution >= 0.6 is 0 Å². The first kappa shape index (κ1) is 15.9. The molecule has 18 heavy (non-hydrogen) atoms. The van der Waals surface area contributed by atoms with Crippen molar-refractivity contribution < 1.29 is 10.4 Å². The first-order valence-corrected chi connectivity index (χ1v) is 6.89. The lowest BCUT2D eigenvalue weighted by atomic mass is 9.82. The standard InChI is InChI=1S/C9H19NO.C4H10N2O/c1-8(2)6-5-7-9(3,4)10(8)11;7-6-3-1-5-2-4-6/h11H,5-7H2,1-4H3;5,7H,1-4H2. The van der Waals surface area contributed by atoms with Crippen molar-refractivity contribution >= 4 is 0 Å². The summed E-state index contributed by atoms with van der Waals surface area (Å²) in [5, 5.41) is 24.5. The van der Waals surface area contributed by atoms with Crippen LogP contribution in [0.2, 0.25) is 0 Å². The molecule has 2 fully saturated rings. The minimum atomic E-state index is -0.0399. The van der Waals surface area contributed by atoms with Crippen LogP contribution in [0.25, 0.3) is 0 Å². The van der Waals surface area contributed by atoms with Gasteiger partial charge in [0.05, 0.1) is 0 Å². The molecule has 0 aromatic rings. The van der Waals surface area contributed by atoms with Gasteiger partial charge in [-0.3, -0.25) is 0 Å². The Kier molecular flexibility index (Phi) is 5.55. The van der Waals surface area contributed by atoms with Crippen molar-refractivity contribution in [3.8, 4) is 0 Å². The lowest BCUT2D eigenvalue weighted by Gasteiger charge is -2.48. The van der Waals surface area contributed by atoms with Gasteiger partial charge >= 0.3 is 0 Å². The van der Waals surface area contributed by atoms with Crippen LogP contribution in [-0.4, -0.2) is 57.8 Å². The van der Waals surface area contributed by atoms with E-state index in [1.807, 2.05) is 0 Å². The van der Waals surface area contributed by atoms with Gasteiger partial charge in [-0.15, -0.1) is 0 Å². The summed E-state index contributed by atoms with van der Waals surface area (Å²) in [6.45, 7) is 11.7. The molecule has 0 aromatic carbocycles. The van der Waals surface area contributed by atoms with E-state index in [2.05, 4.69) is 33.0 Å². The predicted molar refractivity (Wildman–Crippen MR) is 71.9 cm³/mol. The molecule has 5 nitrogen and oxygen atoms in total. The fourth-order valence-corrected chi connectivity index (χ4v) is 2.64. The van der Waals surface area contributed by atoms with Gasteiger partial charge < -0.3 is 15.7 Å². The first-order chi connectivity index (χ1) is 8.26. The topological polar surface area (TPSA) is 59.0 Å². The van der Waals surface area contributed by atoms with Crippen LogP contribution in [-0.2, 0) is 0 Å². The molecule has 2 heterocycles.